The molecule has 2 aromatic rings. The minimum absolute atomic E-state index is 0.103. The Morgan fingerprint density at radius 1 is 1.00 bits per heavy atom. The van der Waals surface area contributed by atoms with Crippen LogP contribution in [0.4, 0.5) is 0 Å². The van der Waals surface area contributed by atoms with Gasteiger partial charge in [0.05, 0.1) is 6.04 Å². The normalized spacial score (nSPS) is 14.4. The number of aromatic nitrogens is 1. The van der Waals surface area contributed by atoms with Crippen LogP contribution in [-0.2, 0) is 30.4 Å². The van der Waals surface area contributed by atoms with E-state index in [1.54, 1.807) is 6.20 Å². The molecule has 4 atom stereocenters. The third kappa shape index (κ3) is 8.00. The first kappa shape index (κ1) is 27.7. The van der Waals surface area contributed by atoms with Crippen molar-refractivity contribution < 1.29 is 29.1 Å². The monoisotopic (exact) mass is 506 g/mol. The number of amides is 4. The third-order valence-corrected chi connectivity index (χ3v) is 5.62. The van der Waals surface area contributed by atoms with Crippen molar-refractivity contribution >= 4 is 53.1 Å². The van der Waals surface area contributed by atoms with Gasteiger partial charge in [0.25, 0.3) is 0 Å². The summed E-state index contributed by atoms with van der Waals surface area (Å²) in [5, 5.41) is 17.5. The molecule has 35 heavy (non-hydrogen) atoms. The molecule has 0 spiro atoms. The summed E-state index contributed by atoms with van der Waals surface area (Å²) in [5.74, 6) is -4.27. The first-order valence-corrected chi connectivity index (χ1v) is 11.5. The molecule has 9 N–H and O–H groups in total. The number of thiol groups is 1. The lowest BCUT2D eigenvalue weighted by Crippen LogP contribution is -2.58. The van der Waals surface area contributed by atoms with E-state index < -0.39 is 53.8 Å². The molecule has 0 saturated heterocycles. The topological polar surface area (TPSA) is 209 Å². The van der Waals surface area contributed by atoms with Gasteiger partial charge in [0, 0.05) is 35.7 Å². The highest BCUT2D eigenvalue weighted by atomic mass is 32.1. The molecule has 12 nitrogen and oxygen atoms in total. The van der Waals surface area contributed by atoms with Crippen LogP contribution in [0, 0.1) is 0 Å². The van der Waals surface area contributed by atoms with Crippen LogP contribution in [0.15, 0.2) is 30.5 Å². The van der Waals surface area contributed by atoms with E-state index in [0.717, 1.165) is 16.5 Å². The Morgan fingerprint density at radius 2 is 1.60 bits per heavy atom. The molecule has 0 radical (unpaired) electrons. The van der Waals surface area contributed by atoms with E-state index in [2.05, 4.69) is 33.6 Å². The lowest BCUT2D eigenvalue weighted by atomic mass is 10.0. The summed E-state index contributed by atoms with van der Waals surface area (Å²) in [6, 6.07) is 2.89. The van der Waals surface area contributed by atoms with E-state index >= 15 is 0 Å². The fourth-order valence-electron chi connectivity index (χ4n) is 3.32. The van der Waals surface area contributed by atoms with Crippen molar-refractivity contribution in [1.29, 1.82) is 0 Å². The van der Waals surface area contributed by atoms with Gasteiger partial charge in [-0.2, -0.15) is 12.6 Å². The van der Waals surface area contributed by atoms with Crippen LogP contribution in [-0.4, -0.2) is 69.6 Å². The number of carbonyl (C=O) groups is 5. The highest BCUT2D eigenvalue weighted by Gasteiger charge is 2.30. The summed E-state index contributed by atoms with van der Waals surface area (Å²) in [5.41, 5.74) is 12.3. The van der Waals surface area contributed by atoms with Crippen molar-refractivity contribution in [3.63, 3.8) is 0 Å². The molecular weight excluding hydrogens is 476 g/mol. The number of rotatable bonds is 13. The molecule has 0 fully saturated rings. The molecule has 0 bridgehead atoms. The molecule has 0 saturated carbocycles. The minimum Gasteiger partial charge on any atom is -0.480 e. The summed E-state index contributed by atoms with van der Waals surface area (Å²) in [4.78, 5) is 63.5. The van der Waals surface area contributed by atoms with Crippen molar-refractivity contribution in [3.05, 3.63) is 36.0 Å². The van der Waals surface area contributed by atoms with Crippen LogP contribution >= 0.6 is 12.6 Å². The van der Waals surface area contributed by atoms with Gasteiger partial charge in [-0.25, -0.2) is 4.79 Å². The molecule has 190 valence electrons. The van der Waals surface area contributed by atoms with Gasteiger partial charge in [0.1, 0.15) is 18.1 Å². The molecule has 2 rings (SSSR count). The zero-order valence-corrected chi connectivity index (χ0v) is 20.0. The van der Waals surface area contributed by atoms with Crippen LogP contribution in [0.2, 0.25) is 0 Å². The SMILES string of the molecule is CC(N)C(=O)NC(Cc1c[nH]c2ccccc12)C(=O)NC(CS)C(=O)NC(CCC(N)=O)C(=O)O. The highest BCUT2D eigenvalue weighted by molar-refractivity contribution is 7.80. The van der Waals surface area contributed by atoms with Crippen molar-refractivity contribution in [3.8, 4) is 0 Å². The Balaban J connectivity index is 2.17. The number of carboxylic acid groups (broad SMARTS) is 1. The number of hydrogen-bond donors (Lipinski definition) is 8. The fourth-order valence-corrected chi connectivity index (χ4v) is 3.57. The number of nitrogens with two attached hydrogens (primary N) is 2. The predicted molar refractivity (Wildman–Crippen MR) is 131 cm³/mol. The van der Waals surface area contributed by atoms with E-state index in [4.69, 9.17) is 11.5 Å². The Kier molecular flexibility index (Phi) is 10.1. The minimum atomic E-state index is -1.38. The summed E-state index contributed by atoms with van der Waals surface area (Å²) in [6.07, 6.45) is 1.37. The molecule has 0 aliphatic rings. The molecule has 1 aromatic heterocycles. The first-order chi connectivity index (χ1) is 16.5. The number of H-pyrrole nitrogens is 1. The van der Waals surface area contributed by atoms with E-state index in [9.17, 15) is 29.1 Å². The Morgan fingerprint density at radius 3 is 2.20 bits per heavy atom. The number of carbonyl (C=O) groups excluding carboxylic acids is 4. The van der Waals surface area contributed by atoms with Crippen LogP contribution < -0.4 is 27.4 Å². The Hall–Kier alpha value is -3.58. The van der Waals surface area contributed by atoms with Gasteiger partial charge in [-0.1, -0.05) is 18.2 Å². The van der Waals surface area contributed by atoms with Crippen molar-refractivity contribution in [2.45, 2.75) is 50.4 Å². The largest absolute Gasteiger partial charge is 0.480 e. The number of hydrogen-bond acceptors (Lipinski definition) is 7. The maximum Gasteiger partial charge on any atom is 0.326 e. The van der Waals surface area contributed by atoms with Crippen LogP contribution in [0.3, 0.4) is 0 Å². The Labute approximate surface area is 207 Å². The van der Waals surface area contributed by atoms with Gasteiger partial charge in [-0.15, -0.1) is 0 Å². The second-order valence-corrected chi connectivity index (χ2v) is 8.43. The molecule has 13 heteroatoms. The Bertz CT molecular complexity index is 1090. The van der Waals surface area contributed by atoms with E-state index in [-0.39, 0.29) is 25.0 Å². The second-order valence-electron chi connectivity index (χ2n) is 8.06. The summed E-state index contributed by atoms with van der Waals surface area (Å²) in [6.45, 7) is 1.47. The maximum absolute atomic E-state index is 13.1. The molecular formula is C22H30N6O6S. The van der Waals surface area contributed by atoms with Gasteiger partial charge in [0.15, 0.2) is 0 Å². The zero-order valence-electron chi connectivity index (χ0n) is 19.1. The standard InChI is InChI=1S/C22H30N6O6S/c1-11(23)19(30)27-16(8-12-9-25-14-5-3-2-4-13(12)14)20(31)28-17(10-35)21(32)26-15(22(33)34)6-7-18(24)29/h2-5,9,11,15-17,25,35H,6-8,10,23H2,1H3,(H2,24,29)(H,26,32)(H,27,30)(H,28,31)(H,33,34). The lowest BCUT2D eigenvalue weighted by Gasteiger charge is -2.24. The number of para-hydroxylation sites is 1. The van der Waals surface area contributed by atoms with Crippen LogP contribution in [0.1, 0.15) is 25.3 Å². The van der Waals surface area contributed by atoms with Gasteiger partial charge in [0.2, 0.25) is 23.6 Å². The first-order valence-electron chi connectivity index (χ1n) is 10.9. The summed E-state index contributed by atoms with van der Waals surface area (Å²) < 4.78 is 0. The lowest BCUT2D eigenvalue weighted by molar-refractivity contribution is -0.142. The number of primary amides is 1. The fraction of sp³-hybridized carbons (Fsp3) is 0.409. The number of benzene rings is 1. The third-order valence-electron chi connectivity index (χ3n) is 5.26. The second kappa shape index (κ2) is 12.8. The predicted octanol–water partition coefficient (Wildman–Crippen LogP) is -1.21. The molecule has 4 unspecified atom stereocenters. The van der Waals surface area contributed by atoms with Crippen LogP contribution in [0.25, 0.3) is 10.9 Å². The number of carboxylic acids is 1. The molecule has 1 aromatic carbocycles. The van der Waals surface area contributed by atoms with E-state index in [1.807, 2.05) is 24.3 Å². The summed E-state index contributed by atoms with van der Waals surface area (Å²) in [7, 11) is 0. The summed E-state index contributed by atoms with van der Waals surface area (Å²) >= 11 is 4.09. The van der Waals surface area contributed by atoms with Gasteiger partial charge >= 0.3 is 5.97 Å². The highest BCUT2D eigenvalue weighted by Crippen LogP contribution is 2.19. The number of aromatic amines is 1. The molecule has 1 heterocycles. The maximum atomic E-state index is 13.1. The van der Waals surface area contributed by atoms with Gasteiger partial charge < -0.3 is 37.5 Å². The average Bonchev–Trinajstić information content (AvgIpc) is 3.21. The zero-order chi connectivity index (χ0) is 26.1. The molecule has 0 aliphatic carbocycles. The number of aliphatic carboxylic acids is 1. The van der Waals surface area contributed by atoms with E-state index in [0.29, 0.717) is 0 Å². The van der Waals surface area contributed by atoms with Crippen molar-refractivity contribution in [2.24, 2.45) is 11.5 Å². The molecule has 0 aliphatic heterocycles. The number of nitrogens with one attached hydrogen (secondary N) is 4. The molecule has 4 amide bonds. The van der Waals surface area contributed by atoms with Crippen molar-refractivity contribution in [2.75, 3.05) is 5.75 Å². The van der Waals surface area contributed by atoms with E-state index in [1.165, 1.54) is 6.92 Å². The smallest absolute Gasteiger partial charge is 0.326 e. The average molecular weight is 507 g/mol. The quantitative estimate of drug-likeness (QED) is 0.155. The van der Waals surface area contributed by atoms with Gasteiger partial charge in [-0.3, -0.25) is 19.2 Å². The number of fused-ring (bicyclic) bond motifs is 1. The van der Waals surface area contributed by atoms with Crippen LogP contribution in [0.5, 0.6) is 0 Å². The van der Waals surface area contributed by atoms with Gasteiger partial charge in [-0.05, 0) is 25.0 Å². The van der Waals surface area contributed by atoms with Crippen molar-refractivity contribution in [1.82, 2.24) is 20.9 Å².